The third-order valence-electron chi connectivity index (χ3n) is 3.13. The molecule has 0 aromatic rings. The van der Waals surface area contributed by atoms with Crippen LogP contribution in [0.15, 0.2) is 25.4 Å². The molecule has 0 unspecified atom stereocenters. The van der Waals surface area contributed by atoms with E-state index < -0.39 is 0 Å². The summed E-state index contributed by atoms with van der Waals surface area (Å²) in [4.78, 5) is 0. The van der Waals surface area contributed by atoms with Gasteiger partial charge in [0.15, 0.2) is 0 Å². The van der Waals surface area contributed by atoms with E-state index >= 15 is 0 Å². The van der Waals surface area contributed by atoms with Crippen molar-refractivity contribution < 1.29 is 0 Å². The highest BCUT2D eigenvalue weighted by atomic mass is 127. The van der Waals surface area contributed by atoms with Crippen LogP contribution in [0.1, 0.15) is 25.7 Å². The van der Waals surface area contributed by atoms with Crippen LogP contribution in [0.25, 0.3) is 0 Å². The SMILES string of the molecule is CSC1=C(SCCCCI)S/C(=C2/SC(SC)=C(SCCCCI)S2)S1. The van der Waals surface area contributed by atoms with Crippen molar-refractivity contribution in [3.05, 3.63) is 25.4 Å². The van der Waals surface area contributed by atoms with Gasteiger partial charge in [-0.1, -0.05) is 92.2 Å². The van der Waals surface area contributed by atoms with Crippen molar-refractivity contribution in [1.82, 2.24) is 0 Å². The fourth-order valence-corrected chi connectivity index (χ4v) is 14.2. The lowest BCUT2D eigenvalue weighted by atomic mass is 10.4. The molecule has 2 rings (SSSR count). The number of thioether (sulfide) groups is 8. The molecule has 2 aliphatic rings. The van der Waals surface area contributed by atoms with Crippen molar-refractivity contribution in [1.29, 1.82) is 0 Å². The second-order valence-corrected chi connectivity index (χ2v) is 16.7. The maximum Gasteiger partial charge on any atom is 0.0717 e. The summed E-state index contributed by atoms with van der Waals surface area (Å²) in [5.41, 5.74) is 0. The van der Waals surface area contributed by atoms with Gasteiger partial charge in [0.05, 0.1) is 25.4 Å². The Balaban J connectivity index is 1.93. The molecule has 0 saturated carbocycles. The zero-order valence-electron chi connectivity index (χ0n) is 14.7. The average Bonchev–Trinajstić information content (AvgIpc) is 3.26. The molecule has 0 amide bonds. The predicted molar refractivity (Wildman–Crippen MR) is 160 cm³/mol. The highest BCUT2D eigenvalue weighted by molar-refractivity contribution is 14.1. The van der Waals surface area contributed by atoms with E-state index in [1.807, 2.05) is 70.6 Å². The molecule has 0 atom stereocenters. The Kier molecular flexibility index (Phi) is 15.2. The Bertz CT molecular complexity index is 510. The third kappa shape index (κ3) is 8.55. The van der Waals surface area contributed by atoms with Gasteiger partial charge >= 0.3 is 0 Å². The molecule has 0 N–H and O–H groups in total. The van der Waals surface area contributed by atoms with Gasteiger partial charge in [0.25, 0.3) is 0 Å². The van der Waals surface area contributed by atoms with E-state index in [4.69, 9.17) is 0 Å². The van der Waals surface area contributed by atoms with Gasteiger partial charge in [0, 0.05) is 0 Å². The molecule has 2 aliphatic heterocycles. The molecule has 0 bridgehead atoms. The summed E-state index contributed by atoms with van der Waals surface area (Å²) in [5.74, 6) is 2.51. The summed E-state index contributed by atoms with van der Waals surface area (Å²) in [6.45, 7) is 0. The van der Waals surface area contributed by atoms with E-state index in [1.54, 1.807) is 0 Å². The fourth-order valence-electron chi connectivity index (χ4n) is 1.86. The molecule has 10 heteroatoms. The molecule has 0 saturated heterocycles. The number of hydrogen-bond donors (Lipinski definition) is 0. The van der Waals surface area contributed by atoms with Crippen LogP contribution < -0.4 is 0 Å². The van der Waals surface area contributed by atoms with Gasteiger partial charge in [0.2, 0.25) is 0 Å². The monoisotopic (exact) mass is 724 g/mol. The predicted octanol–water partition coefficient (Wildman–Crippen LogP) is 9.95. The summed E-state index contributed by atoms with van der Waals surface area (Å²) in [5, 5.41) is 0. The van der Waals surface area contributed by atoms with Gasteiger partial charge in [-0.3, -0.25) is 0 Å². The van der Waals surface area contributed by atoms with Gasteiger partial charge in [-0.2, -0.15) is 0 Å². The third-order valence-corrected chi connectivity index (χ3v) is 16.1. The molecule has 0 aromatic heterocycles. The van der Waals surface area contributed by atoms with Crippen molar-refractivity contribution in [2.24, 2.45) is 0 Å². The second-order valence-electron chi connectivity index (χ2n) is 5.03. The summed E-state index contributed by atoms with van der Waals surface area (Å²) in [6.07, 6.45) is 9.77. The smallest absolute Gasteiger partial charge is 0.0717 e. The van der Waals surface area contributed by atoms with Crippen molar-refractivity contribution in [2.45, 2.75) is 25.7 Å². The van der Waals surface area contributed by atoms with E-state index in [1.165, 1.54) is 71.5 Å². The summed E-state index contributed by atoms with van der Waals surface area (Å²) in [6, 6.07) is 0. The first kappa shape index (κ1) is 25.7. The Hall–Kier alpha value is 3.48. The van der Waals surface area contributed by atoms with Gasteiger partial charge in [-0.05, 0) is 58.6 Å². The number of unbranched alkanes of at least 4 members (excludes halogenated alkanes) is 2. The normalized spacial score (nSPS) is 20.8. The minimum absolute atomic E-state index is 1.26. The maximum atomic E-state index is 2.48. The zero-order chi connectivity index (χ0) is 18.8. The van der Waals surface area contributed by atoms with Crippen LogP contribution in [0.2, 0.25) is 0 Å². The fraction of sp³-hybridized carbons (Fsp3) is 0.625. The van der Waals surface area contributed by atoms with Crippen LogP contribution in [-0.2, 0) is 0 Å². The number of hydrogen-bond acceptors (Lipinski definition) is 8. The Morgan fingerprint density at radius 2 is 1.00 bits per heavy atom. The molecular weight excluding hydrogens is 703 g/mol. The van der Waals surface area contributed by atoms with Crippen LogP contribution in [0.5, 0.6) is 0 Å². The lowest BCUT2D eigenvalue weighted by molar-refractivity contribution is 0.920. The van der Waals surface area contributed by atoms with E-state index in [2.05, 4.69) is 81.2 Å². The van der Waals surface area contributed by atoms with Crippen molar-refractivity contribution in [3.8, 4) is 0 Å². The first-order chi connectivity index (χ1) is 12.7. The minimum atomic E-state index is 1.26. The molecule has 0 radical (unpaired) electrons. The molecule has 148 valence electrons. The first-order valence-corrected chi connectivity index (χ1v) is 18.9. The Labute approximate surface area is 220 Å². The average molecular weight is 725 g/mol. The summed E-state index contributed by atoms with van der Waals surface area (Å²) in [7, 11) is 0. The highest BCUT2D eigenvalue weighted by Gasteiger charge is 2.29. The van der Waals surface area contributed by atoms with E-state index in [9.17, 15) is 0 Å². The van der Waals surface area contributed by atoms with Crippen LogP contribution in [0.3, 0.4) is 0 Å². The molecule has 0 aromatic carbocycles. The van der Waals surface area contributed by atoms with Crippen LogP contribution in [-0.4, -0.2) is 32.9 Å². The largest absolute Gasteiger partial charge is 0.121 e. The molecule has 26 heavy (non-hydrogen) atoms. The molecule has 2 heterocycles. The van der Waals surface area contributed by atoms with Crippen LogP contribution >= 0.6 is 139 Å². The Morgan fingerprint density at radius 1 is 0.615 bits per heavy atom. The van der Waals surface area contributed by atoms with Gasteiger partial charge in [-0.25, -0.2) is 0 Å². The first-order valence-electron chi connectivity index (χ1n) is 8.13. The summed E-state index contributed by atoms with van der Waals surface area (Å²) >= 11 is 21.0. The van der Waals surface area contributed by atoms with Crippen molar-refractivity contribution in [3.63, 3.8) is 0 Å². The number of alkyl halides is 2. The molecule has 0 nitrogen and oxygen atoms in total. The molecule has 0 fully saturated rings. The molecule has 0 spiro atoms. The lowest BCUT2D eigenvalue weighted by Crippen LogP contribution is -1.81. The number of halogens is 2. The molecular formula is C16H22I2S8. The lowest BCUT2D eigenvalue weighted by Gasteiger charge is -2.03. The number of rotatable bonds is 12. The van der Waals surface area contributed by atoms with Crippen molar-refractivity contribution in [2.75, 3.05) is 32.9 Å². The second kappa shape index (κ2) is 15.3. The van der Waals surface area contributed by atoms with Crippen LogP contribution in [0.4, 0.5) is 0 Å². The minimum Gasteiger partial charge on any atom is -0.121 e. The highest BCUT2D eigenvalue weighted by Crippen LogP contribution is 2.65. The van der Waals surface area contributed by atoms with Crippen LogP contribution in [0, 0.1) is 0 Å². The van der Waals surface area contributed by atoms with E-state index in [0.717, 1.165) is 0 Å². The van der Waals surface area contributed by atoms with Gasteiger partial charge < -0.3 is 0 Å². The standard InChI is InChI=1S/C16H22I2S8/c1-19-11-13(21-9-5-3-7-17)25-15(23-11)16-24-12(20-2)14(26-16)22-10-6-4-8-18/h3-10H2,1-2H3/b16-15-. The van der Waals surface area contributed by atoms with Gasteiger partial charge in [-0.15, -0.1) is 47.0 Å². The quantitative estimate of drug-likeness (QED) is 0.110. The Morgan fingerprint density at radius 3 is 1.35 bits per heavy atom. The summed E-state index contributed by atoms with van der Waals surface area (Å²) < 4.78 is 11.7. The van der Waals surface area contributed by atoms with E-state index in [-0.39, 0.29) is 0 Å². The van der Waals surface area contributed by atoms with E-state index in [0.29, 0.717) is 0 Å². The van der Waals surface area contributed by atoms with Crippen molar-refractivity contribution >= 4 is 139 Å². The molecule has 0 aliphatic carbocycles. The van der Waals surface area contributed by atoms with Gasteiger partial charge in [0.1, 0.15) is 0 Å². The maximum absolute atomic E-state index is 2.48. The topological polar surface area (TPSA) is 0 Å². The zero-order valence-corrected chi connectivity index (χ0v) is 25.5.